The molecule has 3 rings (SSSR count). The van der Waals surface area contributed by atoms with Crippen LogP contribution in [0.15, 0.2) is 12.7 Å². The fraction of sp³-hybridized carbons (Fsp3) is 0.538. The number of fused-ring (bicyclic) bond motifs is 1. The van der Waals surface area contributed by atoms with E-state index in [1.165, 1.54) is 19.6 Å². The van der Waals surface area contributed by atoms with Gasteiger partial charge in [-0.1, -0.05) is 0 Å². The summed E-state index contributed by atoms with van der Waals surface area (Å²) in [7, 11) is 0. The molecule has 0 spiro atoms. The molecule has 0 aromatic carbocycles. The van der Waals surface area contributed by atoms with Gasteiger partial charge in [0.15, 0.2) is 11.5 Å². The molecule has 10 heteroatoms. The molecule has 4 atom stereocenters. The van der Waals surface area contributed by atoms with Crippen LogP contribution in [0.5, 0.6) is 0 Å². The molecule has 0 saturated carbocycles. The van der Waals surface area contributed by atoms with Gasteiger partial charge in [-0.3, -0.25) is 4.79 Å². The Morgan fingerprint density at radius 2 is 2.22 bits per heavy atom. The van der Waals surface area contributed by atoms with E-state index in [0.717, 1.165) is 0 Å². The molecule has 1 fully saturated rings. The predicted molar refractivity (Wildman–Crippen MR) is 79.2 cm³/mol. The molecule has 10 nitrogen and oxygen atoms in total. The second-order valence-corrected chi connectivity index (χ2v) is 5.40. The molecule has 0 bridgehead atoms. The monoisotopic (exact) mass is 322 g/mol. The molecular formula is C13H18N6O4. The Morgan fingerprint density at radius 1 is 1.43 bits per heavy atom. The fourth-order valence-corrected chi connectivity index (χ4v) is 2.82. The molecule has 1 amide bonds. The normalized spacial score (nSPS) is 27.4. The third-order valence-electron chi connectivity index (χ3n) is 3.90. The first-order valence-corrected chi connectivity index (χ1v) is 7.14. The van der Waals surface area contributed by atoms with E-state index in [1.54, 1.807) is 4.57 Å². The van der Waals surface area contributed by atoms with Gasteiger partial charge < -0.3 is 30.6 Å². The van der Waals surface area contributed by atoms with Crippen LogP contribution in [0.3, 0.4) is 0 Å². The van der Waals surface area contributed by atoms with E-state index in [0.29, 0.717) is 11.2 Å². The summed E-state index contributed by atoms with van der Waals surface area (Å²) in [4.78, 5) is 23.4. The first-order valence-electron chi connectivity index (χ1n) is 7.14. The zero-order chi connectivity index (χ0) is 16.6. The average molecular weight is 322 g/mol. The third-order valence-corrected chi connectivity index (χ3v) is 3.90. The highest BCUT2D eigenvalue weighted by molar-refractivity contribution is 5.81. The highest BCUT2D eigenvalue weighted by atomic mass is 16.5. The maximum absolute atomic E-state index is 11.1. The predicted octanol–water partition coefficient (Wildman–Crippen LogP) is -1.79. The number of carbonyl (C=O) groups excluding carboxylic acids is 1. The molecule has 1 aliphatic rings. The average Bonchev–Trinajstić information content (AvgIpc) is 3.07. The topological polar surface area (TPSA) is 148 Å². The van der Waals surface area contributed by atoms with Crippen LogP contribution in [0.4, 0.5) is 5.82 Å². The van der Waals surface area contributed by atoms with Crippen LogP contribution in [0.1, 0.15) is 13.0 Å². The summed E-state index contributed by atoms with van der Waals surface area (Å²) in [5.41, 5.74) is 6.65. The van der Waals surface area contributed by atoms with Gasteiger partial charge in [0.05, 0.1) is 25.1 Å². The summed E-state index contributed by atoms with van der Waals surface area (Å²) in [5, 5.41) is 22.5. The maximum atomic E-state index is 11.1. The summed E-state index contributed by atoms with van der Waals surface area (Å²) >= 11 is 0. The minimum Gasteiger partial charge on any atom is -0.394 e. The number of carbonyl (C=O) groups is 1. The van der Waals surface area contributed by atoms with Crippen molar-refractivity contribution < 1.29 is 19.7 Å². The molecular weight excluding hydrogens is 304 g/mol. The SMILES string of the molecule is CC(=O)NC[C@@H]1O[C@@H](CO)[C@H](O)[C@H]1n1cnc2c(N)ncnc21. The molecule has 124 valence electrons. The Labute approximate surface area is 131 Å². The number of hydrogen-bond donors (Lipinski definition) is 4. The lowest BCUT2D eigenvalue weighted by molar-refractivity contribution is -0.119. The van der Waals surface area contributed by atoms with Gasteiger partial charge in [0, 0.05) is 13.5 Å². The first-order chi connectivity index (χ1) is 11.0. The van der Waals surface area contributed by atoms with E-state index < -0.39 is 24.4 Å². The minimum atomic E-state index is -0.979. The van der Waals surface area contributed by atoms with Crippen LogP contribution in [0.2, 0.25) is 0 Å². The smallest absolute Gasteiger partial charge is 0.216 e. The molecule has 1 aliphatic heterocycles. The Morgan fingerprint density at radius 3 is 2.91 bits per heavy atom. The van der Waals surface area contributed by atoms with Crippen LogP contribution in [0.25, 0.3) is 11.2 Å². The number of nitrogen functional groups attached to an aromatic ring is 1. The van der Waals surface area contributed by atoms with E-state index in [-0.39, 0.29) is 24.9 Å². The largest absolute Gasteiger partial charge is 0.394 e. The van der Waals surface area contributed by atoms with Gasteiger partial charge in [0.2, 0.25) is 5.91 Å². The summed E-state index contributed by atoms with van der Waals surface area (Å²) in [5.74, 6) is 0.0237. The summed E-state index contributed by atoms with van der Waals surface area (Å²) in [6.45, 7) is 1.25. The fourth-order valence-electron chi connectivity index (χ4n) is 2.82. The van der Waals surface area contributed by atoms with Crippen molar-refractivity contribution in [1.29, 1.82) is 0 Å². The van der Waals surface area contributed by atoms with Crippen molar-refractivity contribution in [1.82, 2.24) is 24.8 Å². The van der Waals surface area contributed by atoms with E-state index in [9.17, 15) is 15.0 Å². The number of nitrogens with two attached hydrogens (primary N) is 1. The highest BCUT2D eigenvalue weighted by Gasteiger charge is 2.45. The summed E-state index contributed by atoms with van der Waals surface area (Å²) < 4.78 is 7.29. The van der Waals surface area contributed by atoms with Crippen molar-refractivity contribution in [3.63, 3.8) is 0 Å². The summed E-state index contributed by atoms with van der Waals surface area (Å²) in [6, 6.07) is -0.571. The van der Waals surface area contributed by atoms with Gasteiger partial charge in [0.1, 0.15) is 24.1 Å². The molecule has 0 aliphatic carbocycles. The quantitative estimate of drug-likeness (QED) is 0.515. The number of amides is 1. The highest BCUT2D eigenvalue weighted by Crippen LogP contribution is 2.33. The number of imidazole rings is 1. The number of rotatable bonds is 4. The van der Waals surface area contributed by atoms with Crippen molar-refractivity contribution in [3.05, 3.63) is 12.7 Å². The van der Waals surface area contributed by atoms with Gasteiger partial charge in [-0.05, 0) is 0 Å². The van der Waals surface area contributed by atoms with Gasteiger partial charge >= 0.3 is 0 Å². The number of nitrogens with zero attached hydrogens (tertiary/aromatic N) is 4. The van der Waals surface area contributed by atoms with E-state index in [2.05, 4.69) is 20.3 Å². The second-order valence-electron chi connectivity index (χ2n) is 5.40. The second kappa shape index (κ2) is 6.07. The number of hydrogen-bond acceptors (Lipinski definition) is 8. The Balaban J connectivity index is 1.98. The van der Waals surface area contributed by atoms with Gasteiger partial charge in [-0.15, -0.1) is 0 Å². The number of aromatic nitrogens is 4. The first kappa shape index (κ1) is 15.6. The molecule has 0 radical (unpaired) electrons. The van der Waals surface area contributed by atoms with E-state index in [1.807, 2.05) is 0 Å². The van der Waals surface area contributed by atoms with E-state index in [4.69, 9.17) is 10.5 Å². The third kappa shape index (κ3) is 2.71. The standard InChI is InChI=1S/C13H18N6O4/c1-6(21)15-2-7-10(11(22)8(3-20)23-7)19-5-18-9-12(14)16-4-17-13(9)19/h4-5,7-8,10-11,20,22H,2-3H2,1H3,(H,15,21)(H2,14,16,17)/t7-,8-,10-,11-/m0/s1. The number of aliphatic hydroxyl groups excluding tert-OH is 2. The van der Waals surface area contributed by atoms with Crippen molar-refractivity contribution in [2.24, 2.45) is 0 Å². The maximum Gasteiger partial charge on any atom is 0.216 e. The number of aliphatic hydroxyl groups is 2. The molecule has 2 aromatic rings. The lowest BCUT2D eigenvalue weighted by atomic mass is 10.0. The number of anilines is 1. The van der Waals surface area contributed by atoms with Crippen molar-refractivity contribution in [2.75, 3.05) is 18.9 Å². The van der Waals surface area contributed by atoms with Crippen molar-refractivity contribution in [3.8, 4) is 0 Å². The molecule has 1 saturated heterocycles. The molecule has 2 aromatic heterocycles. The van der Waals surface area contributed by atoms with Crippen molar-refractivity contribution in [2.45, 2.75) is 31.3 Å². The Kier molecular flexibility index (Phi) is 4.11. The molecule has 23 heavy (non-hydrogen) atoms. The van der Waals surface area contributed by atoms with Crippen LogP contribution in [-0.2, 0) is 9.53 Å². The van der Waals surface area contributed by atoms with Crippen LogP contribution in [-0.4, -0.2) is 67.1 Å². The van der Waals surface area contributed by atoms with E-state index >= 15 is 0 Å². The van der Waals surface area contributed by atoms with Crippen LogP contribution < -0.4 is 11.1 Å². The van der Waals surface area contributed by atoms with Crippen LogP contribution in [0, 0.1) is 0 Å². The zero-order valence-corrected chi connectivity index (χ0v) is 12.5. The zero-order valence-electron chi connectivity index (χ0n) is 12.5. The van der Waals surface area contributed by atoms with Gasteiger partial charge in [-0.2, -0.15) is 0 Å². The lowest BCUT2D eigenvalue weighted by Crippen LogP contribution is -2.37. The molecule has 3 heterocycles. The molecule has 0 unspecified atom stereocenters. The minimum absolute atomic E-state index is 0.188. The van der Waals surface area contributed by atoms with Gasteiger partial charge in [-0.25, -0.2) is 15.0 Å². The summed E-state index contributed by atoms with van der Waals surface area (Å²) in [6.07, 6.45) is 0.528. The van der Waals surface area contributed by atoms with Crippen LogP contribution >= 0.6 is 0 Å². The Hall–Kier alpha value is -2.30. The number of nitrogens with one attached hydrogen (secondary N) is 1. The molecule has 5 N–H and O–H groups in total. The Bertz CT molecular complexity index is 720. The van der Waals surface area contributed by atoms with Gasteiger partial charge in [0.25, 0.3) is 0 Å². The number of ether oxygens (including phenoxy) is 1. The lowest BCUT2D eigenvalue weighted by Gasteiger charge is -2.22. The van der Waals surface area contributed by atoms with Crippen molar-refractivity contribution >= 4 is 22.9 Å².